The predicted molar refractivity (Wildman–Crippen MR) is 46.1 cm³/mol. The molecule has 0 aliphatic carbocycles. The van der Waals surface area contributed by atoms with Crippen LogP contribution in [0, 0.1) is 0 Å². The first-order chi connectivity index (χ1) is 5.73. The molecule has 1 amide bonds. The zero-order valence-electron chi connectivity index (χ0n) is 7.18. The maximum absolute atomic E-state index is 11.5. The van der Waals surface area contributed by atoms with Gasteiger partial charge in [-0.15, -0.1) is 0 Å². The van der Waals surface area contributed by atoms with Crippen molar-refractivity contribution in [1.29, 1.82) is 0 Å². The van der Waals surface area contributed by atoms with Crippen LogP contribution in [0.4, 0.5) is 0 Å². The van der Waals surface area contributed by atoms with E-state index >= 15 is 0 Å². The average Bonchev–Trinajstić information content (AvgIpc) is 2.29. The lowest BCUT2D eigenvalue weighted by Gasteiger charge is -2.28. The zero-order valence-corrected chi connectivity index (χ0v) is 7.18. The highest BCUT2D eigenvalue weighted by Crippen LogP contribution is 2.24. The van der Waals surface area contributed by atoms with Crippen LogP contribution in [0.15, 0.2) is 4.99 Å². The van der Waals surface area contributed by atoms with E-state index in [0.29, 0.717) is 6.54 Å². The Hall–Kier alpha value is -0.900. The van der Waals surface area contributed by atoms with Crippen molar-refractivity contribution < 1.29 is 4.79 Å². The van der Waals surface area contributed by atoms with Crippen molar-refractivity contribution in [3.05, 3.63) is 0 Å². The van der Waals surface area contributed by atoms with Gasteiger partial charge in [-0.1, -0.05) is 0 Å². The Morgan fingerprint density at radius 3 is 2.92 bits per heavy atom. The van der Waals surface area contributed by atoms with Crippen molar-refractivity contribution in [3.63, 3.8) is 0 Å². The van der Waals surface area contributed by atoms with Crippen molar-refractivity contribution in [2.45, 2.75) is 25.3 Å². The third-order valence-electron chi connectivity index (χ3n) is 2.46. The number of nitrogens with zero attached hydrogens (tertiary/aromatic N) is 1. The molecule has 1 spiro atoms. The van der Waals surface area contributed by atoms with Gasteiger partial charge in [0.1, 0.15) is 5.84 Å². The van der Waals surface area contributed by atoms with Crippen LogP contribution < -0.4 is 10.6 Å². The predicted octanol–water partition coefficient (Wildman–Crippen LogP) is -0.343. The minimum atomic E-state index is -0.470. The summed E-state index contributed by atoms with van der Waals surface area (Å²) >= 11 is 0. The Labute approximate surface area is 71.4 Å². The minimum absolute atomic E-state index is 0.0622. The quantitative estimate of drug-likeness (QED) is 0.518. The van der Waals surface area contributed by atoms with Crippen molar-refractivity contribution in [3.8, 4) is 0 Å². The Morgan fingerprint density at radius 2 is 2.42 bits per heavy atom. The number of amides is 1. The molecule has 2 aliphatic rings. The Balaban J connectivity index is 2.23. The van der Waals surface area contributed by atoms with Crippen molar-refractivity contribution in [2.75, 3.05) is 13.1 Å². The number of hydrogen-bond donors (Lipinski definition) is 2. The first kappa shape index (κ1) is 7.73. The highest BCUT2D eigenvalue weighted by molar-refractivity contribution is 6.07. The molecule has 2 rings (SSSR count). The number of amidine groups is 1. The van der Waals surface area contributed by atoms with Gasteiger partial charge in [0.15, 0.2) is 5.54 Å². The van der Waals surface area contributed by atoms with Crippen LogP contribution in [0.5, 0.6) is 0 Å². The van der Waals surface area contributed by atoms with Crippen molar-refractivity contribution in [1.82, 2.24) is 10.6 Å². The number of carbonyl (C=O) groups excluding carboxylic acids is 1. The van der Waals surface area contributed by atoms with Gasteiger partial charge >= 0.3 is 0 Å². The van der Waals surface area contributed by atoms with Crippen LogP contribution in [0.3, 0.4) is 0 Å². The summed E-state index contributed by atoms with van der Waals surface area (Å²) in [6, 6.07) is 0. The molecule has 2 N–H and O–H groups in total. The molecular weight excluding hydrogens is 154 g/mol. The van der Waals surface area contributed by atoms with Crippen LogP contribution >= 0.6 is 0 Å². The maximum atomic E-state index is 11.5. The molecule has 2 heterocycles. The highest BCUT2D eigenvalue weighted by atomic mass is 16.2. The van der Waals surface area contributed by atoms with Crippen LogP contribution in [-0.4, -0.2) is 30.4 Å². The van der Waals surface area contributed by atoms with Gasteiger partial charge in [-0.05, 0) is 26.3 Å². The van der Waals surface area contributed by atoms with Crippen LogP contribution in [-0.2, 0) is 4.79 Å². The fraction of sp³-hybridized carbons (Fsp3) is 0.750. The molecule has 0 aromatic rings. The third-order valence-corrected chi connectivity index (χ3v) is 2.46. The standard InChI is InChI=1S/C8H13N3O/c1-6-10-7(12)8(11-6)3-2-4-9-5-8/h9H,2-5H2,1H3,(H,10,11,12)/t8-/m1/s1. The van der Waals surface area contributed by atoms with E-state index in [2.05, 4.69) is 15.6 Å². The van der Waals surface area contributed by atoms with Gasteiger partial charge in [-0.3, -0.25) is 9.79 Å². The van der Waals surface area contributed by atoms with E-state index in [0.717, 1.165) is 25.2 Å². The van der Waals surface area contributed by atoms with Crippen molar-refractivity contribution in [2.24, 2.45) is 4.99 Å². The SMILES string of the molecule is CC1=N[C@@]2(CCCNC2)C(=O)N1. The molecule has 0 unspecified atom stereocenters. The Kier molecular flexibility index (Phi) is 1.65. The summed E-state index contributed by atoms with van der Waals surface area (Å²) in [5.41, 5.74) is -0.470. The van der Waals surface area contributed by atoms with E-state index in [-0.39, 0.29) is 5.91 Å². The number of rotatable bonds is 0. The summed E-state index contributed by atoms with van der Waals surface area (Å²) in [7, 11) is 0. The van der Waals surface area contributed by atoms with Gasteiger partial charge in [-0.2, -0.15) is 0 Å². The summed E-state index contributed by atoms with van der Waals surface area (Å²) in [5, 5.41) is 5.95. The number of aliphatic imine (C=N–C) groups is 1. The normalized spacial score (nSPS) is 35.1. The van der Waals surface area contributed by atoms with Gasteiger partial charge in [0.25, 0.3) is 5.91 Å². The zero-order chi connectivity index (χ0) is 8.60. The lowest BCUT2D eigenvalue weighted by Crippen LogP contribution is -2.50. The van der Waals surface area contributed by atoms with Gasteiger partial charge < -0.3 is 10.6 Å². The molecule has 0 saturated carbocycles. The molecule has 1 atom stereocenters. The van der Waals surface area contributed by atoms with Gasteiger partial charge in [0.05, 0.1) is 0 Å². The van der Waals surface area contributed by atoms with E-state index < -0.39 is 5.54 Å². The molecule has 1 fully saturated rings. The van der Waals surface area contributed by atoms with Crippen molar-refractivity contribution >= 4 is 11.7 Å². The topological polar surface area (TPSA) is 53.5 Å². The van der Waals surface area contributed by atoms with Crippen LogP contribution in [0.2, 0.25) is 0 Å². The van der Waals surface area contributed by atoms with Gasteiger partial charge in [-0.25, -0.2) is 0 Å². The minimum Gasteiger partial charge on any atom is -0.314 e. The maximum Gasteiger partial charge on any atom is 0.254 e. The molecule has 4 nitrogen and oxygen atoms in total. The fourth-order valence-electron chi connectivity index (χ4n) is 1.86. The molecule has 0 aromatic heterocycles. The third kappa shape index (κ3) is 1.03. The van der Waals surface area contributed by atoms with Crippen LogP contribution in [0.25, 0.3) is 0 Å². The van der Waals surface area contributed by atoms with E-state index in [1.165, 1.54) is 0 Å². The van der Waals surface area contributed by atoms with Gasteiger partial charge in [0, 0.05) is 6.54 Å². The summed E-state index contributed by atoms with van der Waals surface area (Å²) in [5.74, 6) is 0.816. The second-order valence-electron chi connectivity index (χ2n) is 3.46. The molecule has 2 aliphatic heterocycles. The summed E-state index contributed by atoms with van der Waals surface area (Å²) in [6.45, 7) is 3.53. The van der Waals surface area contributed by atoms with E-state index in [9.17, 15) is 4.79 Å². The van der Waals surface area contributed by atoms with Crippen LogP contribution in [0.1, 0.15) is 19.8 Å². The molecular formula is C8H13N3O. The molecule has 0 bridgehead atoms. The smallest absolute Gasteiger partial charge is 0.254 e. The number of piperidine rings is 1. The first-order valence-corrected chi connectivity index (χ1v) is 4.32. The second-order valence-corrected chi connectivity index (χ2v) is 3.46. The fourth-order valence-corrected chi connectivity index (χ4v) is 1.86. The highest BCUT2D eigenvalue weighted by Gasteiger charge is 2.43. The molecule has 66 valence electrons. The molecule has 0 radical (unpaired) electrons. The van der Waals surface area contributed by atoms with E-state index in [4.69, 9.17) is 0 Å². The molecule has 4 heteroatoms. The summed E-state index contributed by atoms with van der Waals surface area (Å²) in [4.78, 5) is 15.8. The summed E-state index contributed by atoms with van der Waals surface area (Å²) < 4.78 is 0. The Morgan fingerprint density at radius 1 is 1.58 bits per heavy atom. The molecule has 0 aromatic carbocycles. The molecule has 1 saturated heterocycles. The number of carbonyl (C=O) groups is 1. The van der Waals surface area contributed by atoms with E-state index in [1.54, 1.807) is 0 Å². The van der Waals surface area contributed by atoms with E-state index in [1.807, 2.05) is 6.92 Å². The Bertz CT molecular complexity index is 241. The lowest BCUT2D eigenvalue weighted by molar-refractivity contribution is -0.124. The van der Waals surface area contributed by atoms with Gasteiger partial charge in [0.2, 0.25) is 0 Å². The first-order valence-electron chi connectivity index (χ1n) is 4.32. The lowest BCUT2D eigenvalue weighted by atomic mass is 9.91. The second kappa shape index (κ2) is 2.55. The average molecular weight is 167 g/mol. The summed E-state index contributed by atoms with van der Waals surface area (Å²) in [6.07, 6.45) is 1.91. The number of nitrogens with one attached hydrogen (secondary N) is 2. The number of hydrogen-bond acceptors (Lipinski definition) is 3. The molecule has 12 heavy (non-hydrogen) atoms. The largest absolute Gasteiger partial charge is 0.314 e. The monoisotopic (exact) mass is 167 g/mol.